The minimum absolute atomic E-state index is 0.0250. The highest BCUT2D eigenvalue weighted by Crippen LogP contribution is 2.26. The van der Waals surface area contributed by atoms with Gasteiger partial charge < -0.3 is 15.2 Å². The normalized spacial score (nSPS) is 17.4. The second-order valence-corrected chi connectivity index (χ2v) is 7.76. The van der Waals surface area contributed by atoms with E-state index in [9.17, 15) is 13.6 Å². The van der Waals surface area contributed by atoms with Crippen molar-refractivity contribution in [3.05, 3.63) is 47.4 Å². The molecule has 7 heteroatoms. The van der Waals surface area contributed by atoms with Crippen LogP contribution in [0.2, 0.25) is 0 Å². The first-order valence-electron chi connectivity index (χ1n) is 9.94. The van der Waals surface area contributed by atoms with Crippen LogP contribution in [-0.2, 0) is 17.6 Å². The number of imidazole rings is 1. The summed E-state index contributed by atoms with van der Waals surface area (Å²) in [5.41, 5.74) is 1.28. The Morgan fingerprint density at radius 3 is 2.82 bits per heavy atom. The smallest absolute Gasteiger partial charge is 0.242 e. The van der Waals surface area contributed by atoms with Crippen LogP contribution in [-0.4, -0.2) is 27.5 Å². The lowest BCUT2D eigenvalue weighted by molar-refractivity contribution is -0.118. The predicted molar refractivity (Wildman–Crippen MR) is 105 cm³/mol. The molecular weight excluding hydrogens is 362 g/mol. The Balaban J connectivity index is 1.66. The van der Waals surface area contributed by atoms with Crippen LogP contribution >= 0.6 is 0 Å². The van der Waals surface area contributed by atoms with Crippen molar-refractivity contribution in [2.45, 2.75) is 71.0 Å². The molecule has 28 heavy (non-hydrogen) atoms. The standard InChI is InChI=1S/C21H28F2N4O/c1-4-5-19(21(28)26-20-11-27(12-24-20)13(2)3)25-16-7-6-14-8-15(22)9-18(23)17(14)10-16/h8-9,11-13,16,19,25H,4-7,10H2,1-3H3,(H,26,28)/t16?,19-/m0/s1. The molecule has 0 bridgehead atoms. The predicted octanol–water partition coefficient (Wildman–Crippen LogP) is 4.00. The summed E-state index contributed by atoms with van der Waals surface area (Å²) in [5, 5.41) is 6.25. The lowest BCUT2D eigenvalue weighted by Crippen LogP contribution is -2.48. The number of carbonyl (C=O) groups is 1. The highest BCUT2D eigenvalue weighted by atomic mass is 19.1. The molecule has 2 N–H and O–H groups in total. The van der Waals surface area contributed by atoms with E-state index in [0.29, 0.717) is 30.6 Å². The van der Waals surface area contributed by atoms with Gasteiger partial charge in [-0.25, -0.2) is 13.8 Å². The number of carbonyl (C=O) groups excluding carboxylic acids is 1. The summed E-state index contributed by atoms with van der Waals surface area (Å²) in [5.74, 6) is -0.651. The molecule has 2 aromatic rings. The number of rotatable bonds is 7. The highest BCUT2D eigenvalue weighted by molar-refractivity contribution is 5.94. The molecule has 0 radical (unpaired) electrons. The lowest BCUT2D eigenvalue weighted by atomic mass is 9.87. The first kappa shape index (κ1) is 20.5. The Labute approximate surface area is 164 Å². The largest absolute Gasteiger partial charge is 0.333 e. The van der Waals surface area contributed by atoms with Gasteiger partial charge in [-0.3, -0.25) is 4.79 Å². The van der Waals surface area contributed by atoms with Crippen molar-refractivity contribution in [3.63, 3.8) is 0 Å². The molecular formula is C21H28F2N4O. The van der Waals surface area contributed by atoms with Crippen LogP contribution < -0.4 is 10.6 Å². The third kappa shape index (κ3) is 4.76. The topological polar surface area (TPSA) is 59.0 Å². The average Bonchev–Trinajstić information content (AvgIpc) is 3.10. The average molecular weight is 390 g/mol. The van der Waals surface area contributed by atoms with E-state index < -0.39 is 11.6 Å². The number of nitrogens with zero attached hydrogens (tertiary/aromatic N) is 2. The van der Waals surface area contributed by atoms with Crippen LogP contribution in [0, 0.1) is 11.6 Å². The first-order chi connectivity index (χ1) is 13.4. The van der Waals surface area contributed by atoms with Crippen molar-refractivity contribution in [2.24, 2.45) is 0 Å². The molecule has 0 fully saturated rings. The van der Waals surface area contributed by atoms with E-state index in [1.807, 2.05) is 31.5 Å². The van der Waals surface area contributed by atoms with Gasteiger partial charge in [0.1, 0.15) is 11.6 Å². The second kappa shape index (κ2) is 8.82. The second-order valence-electron chi connectivity index (χ2n) is 7.76. The van der Waals surface area contributed by atoms with Gasteiger partial charge >= 0.3 is 0 Å². The van der Waals surface area contributed by atoms with Crippen LogP contribution in [0.1, 0.15) is 57.2 Å². The monoisotopic (exact) mass is 390 g/mol. The van der Waals surface area contributed by atoms with Gasteiger partial charge in [0.2, 0.25) is 5.91 Å². The van der Waals surface area contributed by atoms with E-state index in [0.717, 1.165) is 24.5 Å². The fourth-order valence-electron chi connectivity index (χ4n) is 3.69. The van der Waals surface area contributed by atoms with E-state index in [-0.39, 0.29) is 24.0 Å². The summed E-state index contributed by atoms with van der Waals surface area (Å²) in [4.78, 5) is 17.0. The van der Waals surface area contributed by atoms with Crippen molar-refractivity contribution in [1.82, 2.24) is 14.9 Å². The third-order valence-corrected chi connectivity index (χ3v) is 5.25. The summed E-state index contributed by atoms with van der Waals surface area (Å²) in [6.45, 7) is 6.11. The minimum Gasteiger partial charge on any atom is -0.333 e. The van der Waals surface area contributed by atoms with Gasteiger partial charge in [-0.15, -0.1) is 0 Å². The van der Waals surface area contributed by atoms with Gasteiger partial charge in [0.15, 0.2) is 5.82 Å². The number of hydrogen-bond acceptors (Lipinski definition) is 3. The lowest BCUT2D eigenvalue weighted by Gasteiger charge is -2.29. The summed E-state index contributed by atoms with van der Waals surface area (Å²) in [6, 6.07) is 2.20. The molecule has 0 saturated heterocycles. The summed E-state index contributed by atoms with van der Waals surface area (Å²) in [6.07, 6.45) is 6.82. The van der Waals surface area contributed by atoms with Crippen LogP contribution in [0.4, 0.5) is 14.6 Å². The zero-order valence-electron chi connectivity index (χ0n) is 16.6. The highest BCUT2D eigenvalue weighted by Gasteiger charge is 2.27. The van der Waals surface area contributed by atoms with Gasteiger partial charge in [0.05, 0.1) is 12.4 Å². The molecule has 1 aromatic heterocycles. The third-order valence-electron chi connectivity index (χ3n) is 5.25. The Kier molecular flexibility index (Phi) is 6.44. The molecule has 152 valence electrons. The first-order valence-corrected chi connectivity index (χ1v) is 9.94. The number of nitrogens with one attached hydrogen (secondary N) is 2. The maximum atomic E-state index is 14.1. The molecule has 2 atom stereocenters. The zero-order valence-corrected chi connectivity index (χ0v) is 16.6. The molecule has 3 rings (SSSR count). The summed E-state index contributed by atoms with van der Waals surface area (Å²) < 4.78 is 29.5. The van der Waals surface area contributed by atoms with Crippen molar-refractivity contribution in [1.29, 1.82) is 0 Å². The van der Waals surface area contributed by atoms with Crippen LogP contribution in [0.25, 0.3) is 0 Å². The van der Waals surface area contributed by atoms with Crippen molar-refractivity contribution < 1.29 is 13.6 Å². The molecule has 0 spiro atoms. The molecule has 0 aliphatic heterocycles. The van der Waals surface area contributed by atoms with Crippen molar-refractivity contribution >= 4 is 11.7 Å². The number of halogens is 2. The number of fused-ring (bicyclic) bond motifs is 1. The maximum absolute atomic E-state index is 14.1. The van der Waals surface area contributed by atoms with Crippen molar-refractivity contribution in [2.75, 3.05) is 5.32 Å². The van der Waals surface area contributed by atoms with Gasteiger partial charge in [0, 0.05) is 24.3 Å². The summed E-state index contributed by atoms with van der Waals surface area (Å²) in [7, 11) is 0. The molecule has 1 heterocycles. The molecule has 1 unspecified atom stereocenters. The van der Waals surface area contributed by atoms with Gasteiger partial charge in [-0.1, -0.05) is 13.3 Å². The Morgan fingerprint density at radius 2 is 2.14 bits per heavy atom. The van der Waals surface area contributed by atoms with Crippen LogP contribution in [0.5, 0.6) is 0 Å². The number of benzene rings is 1. The Hall–Kier alpha value is -2.28. The number of anilines is 1. The van der Waals surface area contributed by atoms with Gasteiger partial charge in [-0.05, 0) is 56.7 Å². The SMILES string of the molecule is CCC[C@H](NC1CCc2cc(F)cc(F)c2C1)C(=O)Nc1cn(C(C)C)cn1. The molecule has 5 nitrogen and oxygen atoms in total. The molecule has 1 aliphatic rings. The van der Waals surface area contributed by atoms with E-state index in [1.165, 1.54) is 6.07 Å². The molecule has 1 aromatic carbocycles. The number of hydrogen-bond donors (Lipinski definition) is 2. The number of amides is 1. The number of aryl methyl sites for hydroxylation is 1. The number of aromatic nitrogens is 2. The fraction of sp³-hybridized carbons (Fsp3) is 0.524. The van der Waals surface area contributed by atoms with Gasteiger partial charge in [-0.2, -0.15) is 0 Å². The van der Waals surface area contributed by atoms with E-state index >= 15 is 0 Å². The molecule has 1 aliphatic carbocycles. The summed E-state index contributed by atoms with van der Waals surface area (Å²) >= 11 is 0. The van der Waals surface area contributed by atoms with E-state index in [2.05, 4.69) is 15.6 Å². The minimum atomic E-state index is -0.535. The molecule has 0 saturated carbocycles. The zero-order chi connectivity index (χ0) is 20.3. The van der Waals surface area contributed by atoms with E-state index in [1.54, 1.807) is 6.33 Å². The Morgan fingerprint density at radius 1 is 1.36 bits per heavy atom. The molecule has 1 amide bonds. The van der Waals surface area contributed by atoms with E-state index in [4.69, 9.17) is 0 Å². The fourth-order valence-corrected chi connectivity index (χ4v) is 3.69. The van der Waals surface area contributed by atoms with Gasteiger partial charge in [0.25, 0.3) is 0 Å². The van der Waals surface area contributed by atoms with Crippen molar-refractivity contribution in [3.8, 4) is 0 Å². The Bertz CT molecular complexity index is 834. The maximum Gasteiger partial charge on any atom is 0.242 e. The van der Waals surface area contributed by atoms with Crippen LogP contribution in [0.15, 0.2) is 24.7 Å². The van der Waals surface area contributed by atoms with Crippen LogP contribution in [0.3, 0.4) is 0 Å². The quantitative estimate of drug-likeness (QED) is 0.751.